The van der Waals surface area contributed by atoms with Crippen LogP contribution in [0, 0.1) is 0 Å². The molecule has 0 fully saturated rings. The number of aliphatic carboxylic acids is 1. The van der Waals surface area contributed by atoms with E-state index in [1.807, 2.05) is 0 Å². The summed E-state index contributed by atoms with van der Waals surface area (Å²) in [6.45, 7) is 3.24. The summed E-state index contributed by atoms with van der Waals surface area (Å²) in [5.41, 5.74) is -0.389. The molecule has 1 atom stereocenters. The van der Waals surface area contributed by atoms with Gasteiger partial charge < -0.3 is 10.2 Å². The summed E-state index contributed by atoms with van der Waals surface area (Å²) in [4.78, 5) is 14.5. The largest absolute Gasteiger partial charge is 0.479 e. The first kappa shape index (κ1) is 11.9. The van der Waals surface area contributed by atoms with Crippen LogP contribution in [0.25, 0.3) is 0 Å². The van der Waals surface area contributed by atoms with Crippen LogP contribution in [0.15, 0.2) is 18.5 Å². The molecule has 0 radical (unpaired) electrons. The lowest BCUT2D eigenvalue weighted by Gasteiger charge is -2.28. The number of carboxylic acids is 1. The second-order valence-electron chi connectivity index (χ2n) is 3.82. The molecule has 1 rings (SSSR count). The lowest BCUT2D eigenvalue weighted by molar-refractivity contribution is -0.150. The zero-order valence-electron chi connectivity index (χ0n) is 8.44. The molecule has 0 bridgehead atoms. The molecule has 2 N–H and O–H groups in total. The lowest BCUT2D eigenvalue weighted by Crippen LogP contribution is -2.40. The van der Waals surface area contributed by atoms with Crippen LogP contribution in [-0.4, -0.2) is 27.3 Å². The van der Waals surface area contributed by atoms with Gasteiger partial charge in [0, 0.05) is 17.8 Å². The van der Waals surface area contributed by atoms with Crippen LogP contribution in [0.1, 0.15) is 19.4 Å². The minimum Gasteiger partial charge on any atom is -0.479 e. The minimum atomic E-state index is -1.50. The number of pyridine rings is 1. The quantitative estimate of drug-likeness (QED) is 0.823. The third-order valence-corrected chi connectivity index (χ3v) is 2.69. The molecule has 0 aliphatic rings. The molecule has 1 aromatic heterocycles. The molecular weight excluding hydrogens is 218 g/mol. The average molecular weight is 230 g/mol. The van der Waals surface area contributed by atoms with E-state index in [0.29, 0.717) is 10.6 Å². The van der Waals surface area contributed by atoms with E-state index in [-0.39, 0.29) is 0 Å². The van der Waals surface area contributed by atoms with Crippen molar-refractivity contribution in [2.45, 2.75) is 25.4 Å². The Labute approximate surface area is 92.5 Å². The van der Waals surface area contributed by atoms with Crippen molar-refractivity contribution in [2.24, 2.45) is 0 Å². The molecule has 1 unspecified atom stereocenters. The number of aliphatic hydroxyl groups excluding tert-OH is 1. The third-order valence-electron chi connectivity index (χ3n) is 2.38. The number of rotatable bonds is 3. The first-order chi connectivity index (χ1) is 6.87. The summed E-state index contributed by atoms with van der Waals surface area (Å²) < 4.78 is 0. The van der Waals surface area contributed by atoms with Crippen molar-refractivity contribution in [1.29, 1.82) is 0 Å². The molecule has 1 heterocycles. The smallest absolute Gasteiger partial charge is 0.333 e. The number of hydrogen-bond acceptors (Lipinski definition) is 3. The Morgan fingerprint density at radius 1 is 1.60 bits per heavy atom. The Bertz CT molecular complexity index is 379. The second-order valence-corrected chi connectivity index (χ2v) is 4.23. The van der Waals surface area contributed by atoms with Crippen molar-refractivity contribution >= 4 is 17.6 Å². The Balaban J connectivity index is 3.16. The van der Waals surface area contributed by atoms with Crippen LogP contribution >= 0.6 is 11.6 Å². The van der Waals surface area contributed by atoms with Crippen LogP contribution in [0.3, 0.4) is 0 Å². The number of halogens is 1. The van der Waals surface area contributed by atoms with E-state index in [1.165, 1.54) is 12.4 Å². The predicted molar refractivity (Wildman–Crippen MR) is 55.9 cm³/mol. The SMILES string of the molecule is CC(C)(c1ccncc1Cl)C(O)C(=O)O. The summed E-state index contributed by atoms with van der Waals surface area (Å²) in [6, 6.07) is 1.61. The van der Waals surface area contributed by atoms with Gasteiger partial charge in [-0.15, -0.1) is 0 Å². The van der Waals surface area contributed by atoms with Gasteiger partial charge >= 0.3 is 5.97 Å². The molecule has 1 aromatic rings. The van der Waals surface area contributed by atoms with Crippen molar-refractivity contribution in [3.05, 3.63) is 29.0 Å². The highest BCUT2D eigenvalue weighted by Gasteiger charge is 2.36. The second kappa shape index (κ2) is 4.16. The van der Waals surface area contributed by atoms with Gasteiger partial charge in [-0.2, -0.15) is 0 Å². The molecule has 0 aliphatic carbocycles. The standard InChI is InChI=1S/C10H12ClNO3/c1-10(2,8(13)9(14)15)6-3-4-12-5-7(6)11/h3-5,8,13H,1-2H3,(H,14,15). The van der Waals surface area contributed by atoms with Gasteiger partial charge in [-0.3, -0.25) is 4.98 Å². The Hall–Kier alpha value is -1.13. The molecule has 5 heteroatoms. The molecule has 0 aliphatic heterocycles. The van der Waals surface area contributed by atoms with Crippen molar-refractivity contribution < 1.29 is 15.0 Å². The van der Waals surface area contributed by atoms with Crippen LogP contribution in [0.5, 0.6) is 0 Å². The van der Waals surface area contributed by atoms with Gasteiger partial charge in [-0.1, -0.05) is 25.4 Å². The maximum Gasteiger partial charge on any atom is 0.333 e. The summed E-state index contributed by atoms with van der Waals surface area (Å²) >= 11 is 5.89. The van der Waals surface area contributed by atoms with E-state index in [1.54, 1.807) is 19.9 Å². The third kappa shape index (κ3) is 2.27. The molecule has 0 saturated carbocycles. The van der Waals surface area contributed by atoms with Crippen LogP contribution < -0.4 is 0 Å². The van der Waals surface area contributed by atoms with Crippen molar-refractivity contribution in [3.8, 4) is 0 Å². The monoisotopic (exact) mass is 229 g/mol. The molecule has 0 amide bonds. The number of carbonyl (C=O) groups is 1. The zero-order chi connectivity index (χ0) is 11.6. The van der Waals surface area contributed by atoms with E-state index >= 15 is 0 Å². The van der Waals surface area contributed by atoms with E-state index in [4.69, 9.17) is 16.7 Å². The van der Waals surface area contributed by atoms with E-state index < -0.39 is 17.5 Å². The summed E-state index contributed by atoms with van der Waals surface area (Å²) in [5, 5.41) is 18.7. The Morgan fingerprint density at radius 2 is 2.20 bits per heavy atom. The van der Waals surface area contributed by atoms with E-state index in [0.717, 1.165) is 0 Å². The molecule has 82 valence electrons. The van der Waals surface area contributed by atoms with Gasteiger partial charge in [0.05, 0.1) is 5.02 Å². The Kier molecular flexibility index (Phi) is 3.31. The van der Waals surface area contributed by atoms with Gasteiger partial charge in [0.15, 0.2) is 6.10 Å². The highest BCUT2D eigenvalue weighted by molar-refractivity contribution is 6.31. The maximum absolute atomic E-state index is 10.7. The van der Waals surface area contributed by atoms with Crippen molar-refractivity contribution in [2.75, 3.05) is 0 Å². The van der Waals surface area contributed by atoms with E-state index in [9.17, 15) is 9.90 Å². The van der Waals surface area contributed by atoms with Crippen molar-refractivity contribution in [3.63, 3.8) is 0 Å². The number of carboxylic acid groups (broad SMARTS) is 1. The average Bonchev–Trinajstić information content (AvgIpc) is 2.16. The highest BCUT2D eigenvalue weighted by atomic mass is 35.5. The summed E-state index contributed by atoms with van der Waals surface area (Å²) in [7, 11) is 0. The van der Waals surface area contributed by atoms with Gasteiger partial charge in [-0.05, 0) is 11.6 Å². The van der Waals surface area contributed by atoms with Gasteiger partial charge in [0.2, 0.25) is 0 Å². The fraction of sp³-hybridized carbons (Fsp3) is 0.400. The molecule has 4 nitrogen and oxygen atoms in total. The zero-order valence-corrected chi connectivity index (χ0v) is 9.19. The molecule has 0 saturated heterocycles. The normalized spacial score (nSPS) is 13.6. The van der Waals surface area contributed by atoms with Gasteiger partial charge in [0.1, 0.15) is 0 Å². The predicted octanol–water partition coefficient (Wildman–Crippen LogP) is 1.46. The Morgan fingerprint density at radius 3 is 2.67 bits per heavy atom. The van der Waals surface area contributed by atoms with E-state index in [2.05, 4.69) is 4.98 Å². The minimum absolute atomic E-state index is 0.350. The first-order valence-corrected chi connectivity index (χ1v) is 4.76. The topological polar surface area (TPSA) is 70.4 Å². The van der Waals surface area contributed by atoms with Crippen LogP contribution in [0.4, 0.5) is 0 Å². The number of nitrogens with zero attached hydrogens (tertiary/aromatic N) is 1. The van der Waals surface area contributed by atoms with Gasteiger partial charge in [-0.25, -0.2) is 4.79 Å². The van der Waals surface area contributed by atoms with Gasteiger partial charge in [0.25, 0.3) is 0 Å². The number of aromatic nitrogens is 1. The van der Waals surface area contributed by atoms with Crippen LogP contribution in [-0.2, 0) is 10.2 Å². The fourth-order valence-electron chi connectivity index (χ4n) is 1.35. The van der Waals surface area contributed by atoms with Crippen molar-refractivity contribution in [1.82, 2.24) is 4.98 Å². The fourth-order valence-corrected chi connectivity index (χ4v) is 1.72. The molecule has 15 heavy (non-hydrogen) atoms. The number of hydrogen-bond donors (Lipinski definition) is 2. The summed E-state index contributed by atoms with van der Waals surface area (Å²) in [5.74, 6) is -1.27. The maximum atomic E-state index is 10.7. The molecule has 0 spiro atoms. The van der Waals surface area contributed by atoms with Crippen LogP contribution in [0.2, 0.25) is 5.02 Å². The molecule has 0 aromatic carbocycles. The first-order valence-electron chi connectivity index (χ1n) is 4.38. The highest BCUT2D eigenvalue weighted by Crippen LogP contribution is 2.32. The summed E-state index contributed by atoms with van der Waals surface area (Å²) in [6.07, 6.45) is 1.43. The molecular formula is C10H12ClNO3. The number of aliphatic hydroxyl groups is 1. The lowest BCUT2D eigenvalue weighted by atomic mass is 9.80.